The standard InChI is InChI=1S/C11H9Cl3O2/c12-8-5-7(6-9(13)11(8)14)3-1-2-4-10(15)16/h1,3,5-6H,2,4H2,(H,15,16). The van der Waals surface area contributed by atoms with E-state index in [4.69, 9.17) is 39.9 Å². The summed E-state index contributed by atoms with van der Waals surface area (Å²) in [4.78, 5) is 10.3. The van der Waals surface area contributed by atoms with Crippen LogP contribution in [0.3, 0.4) is 0 Å². The van der Waals surface area contributed by atoms with Gasteiger partial charge in [0, 0.05) is 6.42 Å². The van der Waals surface area contributed by atoms with E-state index < -0.39 is 5.97 Å². The van der Waals surface area contributed by atoms with E-state index in [0.29, 0.717) is 21.5 Å². The van der Waals surface area contributed by atoms with E-state index in [-0.39, 0.29) is 6.42 Å². The van der Waals surface area contributed by atoms with Crippen LogP contribution in [0.4, 0.5) is 0 Å². The Labute approximate surface area is 108 Å². The molecule has 2 nitrogen and oxygen atoms in total. The molecule has 16 heavy (non-hydrogen) atoms. The summed E-state index contributed by atoms with van der Waals surface area (Å²) in [5.74, 6) is -0.822. The third kappa shape index (κ3) is 4.05. The molecule has 1 rings (SSSR count). The van der Waals surface area contributed by atoms with Crippen LogP contribution in [0.1, 0.15) is 18.4 Å². The number of aliphatic carboxylic acids is 1. The summed E-state index contributed by atoms with van der Waals surface area (Å²) in [6, 6.07) is 3.35. The van der Waals surface area contributed by atoms with Crippen molar-refractivity contribution in [1.29, 1.82) is 0 Å². The lowest BCUT2D eigenvalue weighted by Gasteiger charge is -2.01. The molecule has 0 amide bonds. The van der Waals surface area contributed by atoms with Crippen molar-refractivity contribution in [3.63, 3.8) is 0 Å². The Kier molecular flexibility index (Phi) is 5.13. The number of halogens is 3. The first kappa shape index (κ1) is 13.4. The molecular formula is C11H9Cl3O2. The zero-order valence-electron chi connectivity index (χ0n) is 8.21. The second-order valence-electron chi connectivity index (χ2n) is 3.13. The van der Waals surface area contributed by atoms with Crippen LogP contribution in [-0.4, -0.2) is 11.1 Å². The lowest BCUT2D eigenvalue weighted by Crippen LogP contribution is -1.91. The van der Waals surface area contributed by atoms with Gasteiger partial charge in [0.05, 0.1) is 15.1 Å². The molecule has 1 aromatic rings. The maximum Gasteiger partial charge on any atom is 0.303 e. The van der Waals surface area contributed by atoms with Crippen molar-refractivity contribution >= 4 is 46.8 Å². The van der Waals surface area contributed by atoms with Crippen LogP contribution >= 0.6 is 34.8 Å². The van der Waals surface area contributed by atoms with Crippen molar-refractivity contribution in [2.45, 2.75) is 12.8 Å². The molecule has 0 fully saturated rings. The van der Waals surface area contributed by atoms with Crippen LogP contribution in [0.5, 0.6) is 0 Å². The Morgan fingerprint density at radius 2 is 1.81 bits per heavy atom. The highest BCUT2D eigenvalue weighted by atomic mass is 35.5. The zero-order valence-corrected chi connectivity index (χ0v) is 10.5. The fourth-order valence-electron chi connectivity index (χ4n) is 1.10. The minimum absolute atomic E-state index is 0.103. The first-order valence-electron chi connectivity index (χ1n) is 4.53. The molecule has 0 saturated heterocycles. The normalized spacial score (nSPS) is 10.9. The van der Waals surface area contributed by atoms with E-state index in [1.165, 1.54) is 0 Å². The Hall–Kier alpha value is -0.700. The Balaban J connectivity index is 2.71. The van der Waals surface area contributed by atoms with Crippen LogP contribution in [0.15, 0.2) is 18.2 Å². The molecule has 0 bridgehead atoms. The fourth-order valence-corrected chi connectivity index (χ4v) is 1.71. The fraction of sp³-hybridized carbons (Fsp3) is 0.182. The maximum atomic E-state index is 10.3. The average molecular weight is 280 g/mol. The number of carbonyl (C=O) groups is 1. The Morgan fingerprint density at radius 1 is 1.25 bits per heavy atom. The number of carboxylic acids is 1. The van der Waals surface area contributed by atoms with Gasteiger partial charge in [0.1, 0.15) is 0 Å². The quantitative estimate of drug-likeness (QED) is 0.823. The second kappa shape index (κ2) is 6.14. The van der Waals surface area contributed by atoms with Crippen molar-refractivity contribution in [1.82, 2.24) is 0 Å². The SMILES string of the molecule is O=C(O)CCC=Cc1cc(Cl)c(Cl)c(Cl)c1. The Morgan fingerprint density at radius 3 is 2.31 bits per heavy atom. The highest BCUT2D eigenvalue weighted by molar-refractivity contribution is 6.48. The van der Waals surface area contributed by atoms with E-state index in [0.717, 1.165) is 5.56 Å². The molecule has 1 N–H and O–H groups in total. The van der Waals surface area contributed by atoms with Gasteiger partial charge in [0.2, 0.25) is 0 Å². The molecule has 0 atom stereocenters. The number of allylic oxidation sites excluding steroid dienone is 1. The molecule has 0 aliphatic carbocycles. The van der Waals surface area contributed by atoms with Crippen LogP contribution in [0.25, 0.3) is 6.08 Å². The van der Waals surface area contributed by atoms with Gasteiger partial charge >= 0.3 is 5.97 Å². The van der Waals surface area contributed by atoms with Gasteiger partial charge in [-0.2, -0.15) is 0 Å². The lowest BCUT2D eigenvalue weighted by molar-refractivity contribution is -0.136. The molecule has 0 aliphatic heterocycles. The summed E-state index contributed by atoms with van der Waals surface area (Å²) in [6.07, 6.45) is 4.08. The molecule has 0 unspecified atom stereocenters. The molecule has 0 aliphatic rings. The summed E-state index contributed by atoms with van der Waals surface area (Å²) in [5, 5.41) is 9.53. The summed E-state index contributed by atoms with van der Waals surface area (Å²) in [7, 11) is 0. The van der Waals surface area contributed by atoms with E-state index in [1.807, 2.05) is 0 Å². The Bertz CT molecular complexity index is 404. The van der Waals surface area contributed by atoms with Gasteiger partial charge in [0.15, 0.2) is 0 Å². The van der Waals surface area contributed by atoms with Crippen molar-refractivity contribution < 1.29 is 9.90 Å². The largest absolute Gasteiger partial charge is 0.481 e. The van der Waals surface area contributed by atoms with Crippen molar-refractivity contribution in [3.8, 4) is 0 Å². The third-order valence-corrected chi connectivity index (χ3v) is 3.04. The molecular weight excluding hydrogens is 270 g/mol. The van der Waals surface area contributed by atoms with Crippen molar-refractivity contribution in [2.24, 2.45) is 0 Å². The van der Waals surface area contributed by atoms with E-state index in [9.17, 15) is 4.79 Å². The molecule has 0 radical (unpaired) electrons. The average Bonchev–Trinajstić information content (AvgIpc) is 2.20. The van der Waals surface area contributed by atoms with E-state index in [1.54, 1.807) is 24.3 Å². The predicted molar refractivity (Wildman–Crippen MR) is 67.4 cm³/mol. The third-order valence-electron chi connectivity index (χ3n) is 1.84. The lowest BCUT2D eigenvalue weighted by atomic mass is 10.2. The summed E-state index contributed by atoms with van der Waals surface area (Å²) < 4.78 is 0. The van der Waals surface area contributed by atoms with Crippen molar-refractivity contribution in [3.05, 3.63) is 38.8 Å². The molecule has 0 spiro atoms. The van der Waals surface area contributed by atoms with Crippen molar-refractivity contribution in [2.75, 3.05) is 0 Å². The van der Waals surface area contributed by atoms with Gasteiger partial charge in [0.25, 0.3) is 0 Å². The minimum Gasteiger partial charge on any atom is -0.481 e. The molecule has 86 valence electrons. The molecule has 0 saturated carbocycles. The molecule has 5 heteroatoms. The first-order valence-corrected chi connectivity index (χ1v) is 5.67. The number of hydrogen-bond acceptors (Lipinski definition) is 1. The van der Waals surface area contributed by atoms with Crippen LogP contribution in [0.2, 0.25) is 15.1 Å². The number of rotatable bonds is 4. The molecule has 0 heterocycles. The van der Waals surface area contributed by atoms with Gasteiger partial charge in [-0.3, -0.25) is 4.79 Å². The van der Waals surface area contributed by atoms with Crippen LogP contribution < -0.4 is 0 Å². The number of hydrogen-bond donors (Lipinski definition) is 1. The van der Waals surface area contributed by atoms with E-state index >= 15 is 0 Å². The monoisotopic (exact) mass is 278 g/mol. The highest BCUT2D eigenvalue weighted by Gasteiger charge is 2.03. The highest BCUT2D eigenvalue weighted by Crippen LogP contribution is 2.31. The summed E-state index contributed by atoms with van der Waals surface area (Å²) >= 11 is 17.5. The van der Waals surface area contributed by atoms with Gasteiger partial charge < -0.3 is 5.11 Å². The molecule has 1 aromatic carbocycles. The zero-order chi connectivity index (χ0) is 12.1. The summed E-state index contributed by atoms with van der Waals surface area (Å²) in [5.41, 5.74) is 0.796. The molecule has 0 aromatic heterocycles. The number of benzene rings is 1. The van der Waals surface area contributed by atoms with Gasteiger partial charge in [-0.05, 0) is 24.1 Å². The van der Waals surface area contributed by atoms with Gasteiger partial charge in [-0.15, -0.1) is 0 Å². The summed E-state index contributed by atoms with van der Waals surface area (Å²) in [6.45, 7) is 0. The predicted octanol–water partition coefficient (Wildman–Crippen LogP) is 4.52. The maximum absolute atomic E-state index is 10.3. The topological polar surface area (TPSA) is 37.3 Å². The minimum atomic E-state index is -0.822. The van der Waals surface area contributed by atoms with E-state index in [2.05, 4.69) is 0 Å². The van der Waals surface area contributed by atoms with Gasteiger partial charge in [-0.25, -0.2) is 0 Å². The number of carboxylic acid groups (broad SMARTS) is 1. The van der Waals surface area contributed by atoms with Gasteiger partial charge in [-0.1, -0.05) is 47.0 Å². The first-order chi connectivity index (χ1) is 7.50. The second-order valence-corrected chi connectivity index (χ2v) is 4.33. The van der Waals surface area contributed by atoms with Crippen LogP contribution in [0, 0.1) is 0 Å². The van der Waals surface area contributed by atoms with Crippen LogP contribution in [-0.2, 0) is 4.79 Å². The smallest absolute Gasteiger partial charge is 0.303 e.